The third kappa shape index (κ3) is 3.33. The zero-order chi connectivity index (χ0) is 14.0. The van der Waals surface area contributed by atoms with Crippen molar-refractivity contribution in [3.05, 3.63) is 43.8 Å². The van der Waals surface area contributed by atoms with E-state index in [1.54, 1.807) is 12.3 Å². The fraction of sp³-hybridized carbons (Fsp3) is 0.231. The van der Waals surface area contributed by atoms with E-state index in [0.29, 0.717) is 12.4 Å². The molecule has 0 atom stereocenters. The number of rotatable bonds is 4. The molecule has 2 aromatic rings. The molecule has 0 aliphatic carbocycles. The minimum absolute atomic E-state index is 0.160. The van der Waals surface area contributed by atoms with Crippen LogP contribution in [0.2, 0.25) is 0 Å². The maximum Gasteiger partial charge on any atom is 0.339 e. The summed E-state index contributed by atoms with van der Waals surface area (Å²) in [6, 6.07) is 3.38. The molecule has 100 valence electrons. The summed E-state index contributed by atoms with van der Waals surface area (Å²) in [5.74, 6) is -0.596. The number of nitrogens with zero attached hydrogens (tertiary/aromatic N) is 1. The van der Waals surface area contributed by atoms with Crippen molar-refractivity contribution < 1.29 is 14.6 Å². The van der Waals surface area contributed by atoms with Gasteiger partial charge in [-0.3, -0.25) is 0 Å². The second-order valence-corrected chi connectivity index (χ2v) is 6.27. The quantitative estimate of drug-likeness (QED) is 0.918. The lowest BCUT2D eigenvalue weighted by molar-refractivity contribution is 0.0691. The van der Waals surface area contributed by atoms with Crippen LogP contribution in [0.1, 0.15) is 25.8 Å². The van der Waals surface area contributed by atoms with Crippen LogP contribution in [0.3, 0.4) is 0 Å². The highest BCUT2D eigenvalue weighted by Crippen LogP contribution is 2.29. The highest BCUT2D eigenvalue weighted by atomic mass is 79.9. The number of carboxylic acids is 1. The highest BCUT2D eigenvalue weighted by molar-refractivity contribution is 9.10. The molecular formula is C13H12BrNO3S. The van der Waals surface area contributed by atoms with Crippen LogP contribution < -0.4 is 4.74 Å². The number of aryl methyl sites for hydroxylation is 2. The third-order valence-electron chi connectivity index (χ3n) is 2.50. The van der Waals surface area contributed by atoms with Crippen LogP contribution in [0.25, 0.3) is 0 Å². The number of ether oxygens (including phenoxy) is 1. The summed E-state index contributed by atoms with van der Waals surface area (Å²) >= 11 is 4.83. The number of carbonyl (C=O) groups is 1. The summed E-state index contributed by atoms with van der Waals surface area (Å²) in [7, 11) is 0. The highest BCUT2D eigenvalue weighted by Gasteiger charge is 2.15. The molecule has 0 unspecified atom stereocenters. The maximum absolute atomic E-state index is 11.2. The molecule has 1 aromatic heterocycles. The summed E-state index contributed by atoms with van der Waals surface area (Å²) in [5, 5.41) is 10.2. The Labute approximate surface area is 123 Å². The molecule has 0 bridgehead atoms. The van der Waals surface area contributed by atoms with E-state index in [0.717, 1.165) is 19.9 Å². The molecule has 2 rings (SSSR count). The molecule has 0 aliphatic rings. The van der Waals surface area contributed by atoms with Crippen LogP contribution in [-0.2, 0) is 6.61 Å². The van der Waals surface area contributed by atoms with Crippen LogP contribution >= 0.6 is 27.3 Å². The maximum atomic E-state index is 11.2. The number of thiazole rings is 1. The normalized spacial score (nSPS) is 10.5. The standard InChI is InChI=1S/C13H12BrNO3S/c1-7-3-9(14)4-11(13(16)17)12(7)18-6-10-5-15-8(2)19-10/h3-5H,6H2,1-2H3,(H,16,17). The van der Waals surface area contributed by atoms with Gasteiger partial charge in [-0.15, -0.1) is 11.3 Å². The smallest absolute Gasteiger partial charge is 0.339 e. The van der Waals surface area contributed by atoms with Crippen LogP contribution in [-0.4, -0.2) is 16.1 Å². The molecule has 0 fully saturated rings. The van der Waals surface area contributed by atoms with Crippen LogP contribution in [0.4, 0.5) is 0 Å². The summed E-state index contributed by atoms with van der Waals surface area (Å²) in [6.45, 7) is 4.07. The van der Waals surface area contributed by atoms with Crippen LogP contribution in [0, 0.1) is 13.8 Å². The number of hydrogen-bond acceptors (Lipinski definition) is 4. The fourth-order valence-corrected chi connectivity index (χ4v) is 2.98. The molecule has 1 N–H and O–H groups in total. The van der Waals surface area contributed by atoms with Gasteiger partial charge in [0.05, 0.1) is 9.88 Å². The van der Waals surface area contributed by atoms with Gasteiger partial charge in [-0.25, -0.2) is 9.78 Å². The van der Waals surface area contributed by atoms with Crippen molar-refractivity contribution in [2.24, 2.45) is 0 Å². The second kappa shape index (κ2) is 5.71. The van der Waals surface area contributed by atoms with Gasteiger partial charge >= 0.3 is 5.97 Å². The third-order valence-corrected chi connectivity index (χ3v) is 3.84. The molecule has 1 aromatic carbocycles. The SMILES string of the molecule is Cc1ncc(COc2c(C)cc(Br)cc2C(=O)O)s1. The van der Waals surface area contributed by atoms with Gasteiger partial charge in [0.2, 0.25) is 0 Å². The minimum atomic E-state index is -1.00. The average Bonchev–Trinajstić information content (AvgIpc) is 2.73. The van der Waals surface area contributed by atoms with E-state index < -0.39 is 5.97 Å². The predicted molar refractivity (Wildman–Crippen MR) is 77.0 cm³/mol. The van der Waals surface area contributed by atoms with E-state index >= 15 is 0 Å². The molecule has 0 radical (unpaired) electrons. The van der Waals surface area contributed by atoms with E-state index in [1.165, 1.54) is 11.3 Å². The van der Waals surface area contributed by atoms with Gasteiger partial charge in [0.25, 0.3) is 0 Å². The molecule has 0 spiro atoms. The van der Waals surface area contributed by atoms with Gasteiger partial charge in [-0.2, -0.15) is 0 Å². The number of halogens is 1. The second-order valence-electron chi connectivity index (χ2n) is 4.04. The predicted octanol–water partition coefficient (Wildman–Crippen LogP) is 3.80. The number of carboxylic acid groups (broad SMARTS) is 1. The number of hydrogen-bond donors (Lipinski definition) is 1. The van der Waals surface area contributed by atoms with E-state index in [9.17, 15) is 9.90 Å². The summed E-state index contributed by atoms with van der Waals surface area (Å²) in [5.41, 5.74) is 0.945. The first-order valence-corrected chi connectivity index (χ1v) is 7.16. The summed E-state index contributed by atoms with van der Waals surface area (Å²) < 4.78 is 6.38. The molecular weight excluding hydrogens is 330 g/mol. The molecule has 0 saturated heterocycles. The van der Waals surface area contributed by atoms with Crippen molar-refractivity contribution in [1.29, 1.82) is 0 Å². The number of aromatic nitrogens is 1. The first-order chi connectivity index (χ1) is 8.97. The van der Waals surface area contributed by atoms with Gasteiger partial charge < -0.3 is 9.84 Å². The Balaban J connectivity index is 2.26. The monoisotopic (exact) mass is 341 g/mol. The van der Waals surface area contributed by atoms with Gasteiger partial charge in [-0.1, -0.05) is 15.9 Å². The molecule has 4 nitrogen and oxygen atoms in total. The van der Waals surface area contributed by atoms with Gasteiger partial charge in [-0.05, 0) is 31.5 Å². The van der Waals surface area contributed by atoms with Crippen LogP contribution in [0.15, 0.2) is 22.8 Å². The summed E-state index contributed by atoms with van der Waals surface area (Å²) in [6.07, 6.45) is 1.74. The first-order valence-electron chi connectivity index (χ1n) is 5.55. The van der Waals surface area contributed by atoms with E-state index in [2.05, 4.69) is 20.9 Å². The van der Waals surface area contributed by atoms with Crippen molar-refractivity contribution in [3.63, 3.8) is 0 Å². The zero-order valence-electron chi connectivity index (χ0n) is 10.4. The lowest BCUT2D eigenvalue weighted by atomic mass is 10.1. The van der Waals surface area contributed by atoms with Gasteiger partial charge in [0, 0.05) is 10.7 Å². The Kier molecular flexibility index (Phi) is 4.21. The van der Waals surface area contributed by atoms with E-state index in [-0.39, 0.29) is 5.56 Å². The summed E-state index contributed by atoms with van der Waals surface area (Å²) in [4.78, 5) is 16.3. The van der Waals surface area contributed by atoms with Crippen LogP contribution in [0.5, 0.6) is 5.75 Å². The Bertz CT molecular complexity index is 624. The molecule has 0 aliphatic heterocycles. The lowest BCUT2D eigenvalue weighted by Crippen LogP contribution is -2.04. The number of aromatic carboxylic acids is 1. The Morgan fingerprint density at radius 1 is 1.47 bits per heavy atom. The van der Waals surface area contributed by atoms with Crippen molar-refractivity contribution in [2.75, 3.05) is 0 Å². The zero-order valence-corrected chi connectivity index (χ0v) is 12.8. The van der Waals surface area contributed by atoms with E-state index in [4.69, 9.17) is 4.74 Å². The van der Waals surface area contributed by atoms with Crippen molar-refractivity contribution >= 4 is 33.2 Å². The Morgan fingerprint density at radius 2 is 2.21 bits per heavy atom. The molecule has 1 heterocycles. The average molecular weight is 342 g/mol. The topological polar surface area (TPSA) is 59.4 Å². The molecule has 6 heteroatoms. The largest absolute Gasteiger partial charge is 0.487 e. The molecule has 19 heavy (non-hydrogen) atoms. The molecule has 0 amide bonds. The number of benzene rings is 1. The van der Waals surface area contributed by atoms with Gasteiger partial charge in [0.1, 0.15) is 17.9 Å². The van der Waals surface area contributed by atoms with Crippen molar-refractivity contribution in [3.8, 4) is 5.75 Å². The first kappa shape index (κ1) is 14.0. The fourth-order valence-electron chi connectivity index (χ4n) is 1.70. The minimum Gasteiger partial charge on any atom is -0.487 e. The Hall–Kier alpha value is -1.40. The molecule has 0 saturated carbocycles. The van der Waals surface area contributed by atoms with Crippen molar-refractivity contribution in [1.82, 2.24) is 4.98 Å². The van der Waals surface area contributed by atoms with E-state index in [1.807, 2.05) is 19.9 Å². The van der Waals surface area contributed by atoms with Crippen molar-refractivity contribution in [2.45, 2.75) is 20.5 Å². The Morgan fingerprint density at radius 3 is 2.79 bits per heavy atom. The van der Waals surface area contributed by atoms with Gasteiger partial charge in [0.15, 0.2) is 0 Å². The lowest BCUT2D eigenvalue weighted by Gasteiger charge is -2.11.